The molecule has 4 nitrogen and oxygen atoms in total. The standard InChI is InChI=1S/C16H24ClN3O/c1-16(2,12-17)15(21)18-13-4-6-14(7-5-13)20-10-8-19(3)9-11-20/h4-7H,8-12H2,1-3H3,(H,18,21)/p+1. The fourth-order valence-corrected chi connectivity index (χ4v) is 2.38. The van der Waals surface area contributed by atoms with Gasteiger partial charge < -0.3 is 15.1 Å². The summed E-state index contributed by atoms with van der Waals surface area (Å²) < 4.78 is 0. The zero-order valence-corrected chi connectivity index (χ0v) is 13.8. The number of halogens is 1. The number of benzene rings is 1. The van der Waals surface area contributed by atoms with Gasteiger partial charge in [0.15, 0.2) is 0 Å². The Morgan fingerprint density at radius 1 is 1.29 bits per heavy atom. The normalized spacial score (nSPS) is 16.9. The molecule has 0 aliphatic carbocycles. The molecular formula is C16H25ClN3O+. The van der Waals surface area contributed by atoms with Crippen molar-refractivity contribution in [1.82, 2.24) is 0 Å². The fourth-order valence-electron chi connectivity index (χ4n) is 2.26. The van der Waals surface area contributed by atoms with Gasteiger partial charge >= 0.3 is 0 Å². The minimum Gasteiger partial charge on any atom is -0.360 e. The molecule has 1 saturated heterocycles. The van der Waals surface area contributed by atoms with E-state index >= 15 is 0 Å². The zero-order chi connectivity index (χ0) is 15.5. The van der Waals surface area contributed by atoms with Crippen LogP contribution in [0.1, 0.15) is 13.8 Å². The number of carbonyl (C=O) groups excluding carboxylic acids is 1. The molecular weight excluding hydrogens is 286 g/mol. The van der Waals surface area contributed by atoms with E-state index in [0.29, 0.717) is 5.88 Å². The van der Waals surface area contributed by atoms with Crippen LogP contribution in [0.3, 0.4) is 0 Å². The molecule has 5 heteroatoms. The lowest BCUT2D eigenvalue weighted by Crippen LogP contribution is -3.12. The Labute approximate surface area is 132 Å². The van der Waals surface area contributed by atoms with Gasteiger partial charge in [-0.25, -0.2) is 0 Å². The summed E-state index contributed by atoms with van der Waals surface area (Å²) in [5.74, 6) is 0.258. The van der Waals surface area contributed by atoms with Crippen molar-refractivity contribution < 1.29 is 9.69 Å². The summed E-state index contributed by atoms with van der Waals surface area (Å²) in [7, 11) is 2.23. The smallest absolute Gasteiger partial charge is 0.231 e. The van der Waals surface area contributed by atoms with Crippen LogP contribution in [0.15, 0.2) is 24.3 Å². The lowest BCUT2D eigenvalue weighted by molar-refractivity contribution is -0.880. The third kappa shape index (κ3) is 4.11. The topological polar surface area (TPSA) is 36.8 Å². The van der Waals surface area contributed by atoms with Crippen LogP contribution in [-0.2, 0) is 4.79 Å². The second-order valence-electron chi connectivity index (χ2n) is 6.46. The number of nitrogens with zero attached hydrogens (tertiary/aromatic N) is 1. The second kappa shape index (κ2) is 6.67. The van der Waals surface area contributed by atoms with Gasteiger partial charge in [0.1, 0.15) is 0 Å². The molecule has 0 spiro atoms. The molecule has 1 fully saturated rings. The molecule has 1 aliphatic heterocycles. The summed E-state index contributed by atoms with van der Waals surface area (Å²) in [6, 6.07) is 8.07. The molecule has 1 aromatic rings. The van der Waals surface area contributed by atoms with Crippen LogP contribution in [0.5, 0.6) is 0 Å². The minimum absolute atomic E-state index is 0.0477. The molecule has 1 aliphatic rings. The molecule has 116 valence electrons. The first-order valence-corrected chi connectivity index (χ1v) is 7.99. The van der Waals surface area contributed by atoms with Gasteiger partial charge in [0.2, 0.25) is 5.91 Å². The Kier molecular flexibility index (Phi) is 5.12. The first kappa shape index (κ1) is 16.1. The first-order valence-electron chi connectivity index (χ1n) is 7.46. The second-order valence-corrected chi connectivity index (χ2v) is 6.73. The molecule has 2 N–H and O–H groups in total. The number of likely N-dealkylation sites (N-methyl/N-ethyl adjacent to an activating group) is 1. The van der Waals surface area contributed by atoms with Crippen LogP contribution < -0.4 is 15.1 Å². The summed E-state index contributed by atoms with van der Waals surface area (Å²) >= 11 is 5.82. The van der Waals surface area contributed by atoms with E-state index in [1.54, 1.807) is 4.90 Å². The average molecular weight is 311 g/mol. The molecule has 0 aromatic heterocycles. The van der Waals surface area contributed by atoms with E-state index in [2.05, 4.69) is 29.4 Å². The highest BCUT2D eigenvalue weighted by molar-refractivity contribution is 6.20. The van der Waals surface area contributed by atoms with E-state index in [4.69, 9.17) is 11.6 Å². The van der Waals surface area contributed by atoms with Gasteiger partial charge in [-0.15, -0.1) is 11.6 Å². The number of carbonyl (C=O) groups is 1. The van der Waals surface area contributed by atoms with E-state index < -0.39 is 5.41 Å². The third-order valence-electron chi connectivity index (χ3n) is 4.06. The first-order chi connectivity index (χ1) is 9.92. The molecule has 2 rings (SSSR count). The summed E-state index contributed by atoms with van der Waals surface area (Å²) in [4.78, 5) is 16.1. The Morgan fingerprint density at radius 3 is 2.38 bits per heavy atom. The quantitative estimate of drug-likeness (QED) is 0.821. The van der Waals surface area contributed by atoms with Crippen LogP contribution >= 0.6 is 11.6 Å². The van der Waals surface area contributed by atoms with E-state index in [9.17, 15) is 4.79 Å². The Hall–Kier alpha value is -1.26. The summed E-state index contributed by atoms with van der Waals surface area (Å²) in [6.45, 7) is 8.19. The van der Waals surface area contributed by atoms with Gasteiger partial charge in [-0.05, 0) is 38.1 Å². The predicted molar refractivity (Wildman–Crippen MR) is 88.4 cm³/mol. The highest BCUT2D eigenvalue weighted by Gasteiger charge is 2.26. The number of amides is 1. The molecule has 0 bridgehead atoms. The number of piperazine rings is 1. The van der Waals surface area contributed by atoms with Crippen molar-refractivity contribution in [2.45, 2.75) is 13.8 Å². The van der Waals surface area contributed by atoms with Crippen molar-refractivity contribution in [1.29, 1.82) is 0 Å². The lowest BCUT2D eigenvalue weighted by atomic mass is 9.95. The van der Waals surface area contributed by atoms with E-state index in [1.807, 2.05) is 26.0 Å². The number of alkyl halides is 1. The Morgan fingerprint density at radius 2 is 1.86 bits per heavy atom. The zero-order valence-electron chi connectivity index (χ0n) is 13.1. The number of nitrogens with one attached hydrogen (secondary N) is 2. The van der Waals surface area contributed by atoms with E-state index in [0.717, 1.165) is 18.8 Å². The SMILES string of the molecule is C[NH+]1CCN(c2ccc(NC(=O)C(C)(C)CCl)cc2)CC1. The van der Waals surface area contributed by atoms with Crippen molar-refractivity contribution in [3.05, 3.63) is 24.3 Å². The maximum atomic E-state index is 12.1. The third-order valence-corrected chi connectivity index (χ3v) is 4.72. The maximum Gasteiger partial charge on any atom is 0.231 e. The van der Waals surface area contributed by atoms with Crippen LogP contribution in [0.2, 0.25) is 0 Å². The van der Waals surface area contributed by atoms with Gasteiger partial charge in [0.05, 0.1) is 38.6 Å². The maximum absolute atomic E-state index is 12.1. The Balaban J connectivity index is 1.98. The molecule has 0 unspecified atom stereocenters. The molecule has 1 aromatic carbocycles. The molecule has 0 atom stereocenters. The fraction of sp³-hybridized carbons (Fsp3) is 0.562. The predicted octanol–water partition coefficient (Wildman–Crippen LogP) is 1.22. The van der Waals surface area contributed by atoms with Crippen molar-refractivity contribution in [3.8, 4) is 0 Å². The summed E-state index contributed by atoms with van der Waals surface area (Å²) in [5.41, 5.74) is 1.49. The minimum atomic E-state index is -0.555. The van der Waals surface area contributed by atoms with E-state index in [1.165, 1.54) is 18.8 Å². The van der Waals surface area contributed by atoms with Crippen molar-refractivity contribution in [2.75, 3.05) is 49.3 Å². The van der Waals surface area contributed by atoms with Gasteiger partial charge in [0, 0.05) is 17.3 Å². The number of rotatable bonds is 4. The molecule has 21 heavy (non-hydrogen) atoms. The highest BCUT2D eigenvalue weighted by Crippen LogP contribution is 2.22. The monoisotopic (exact) mass is 310 g/mol. The van der Waals surface area contributed by atoms with Crippen LogP contribution in [0.25, 0.3) is 0 Å². The van der Waals surface area contributed by atoms with Crippen LogP contribution in [0, 0.1) is 5.41 Å². The van der Waals surface area contributed by atoms with Gasteiger partial charge in [-0.3, -0.25) is 4.79 Å². The number of hydrogen-bond donors (Lipinski definition) is 2. The molecule has 0 saturated carbocycles. The van der Waals surface area contributed by atoms with Crippen molar-refractivity contribution in [2.24, 2.45) is 5.41 Å². The largest absolute Gasteiger partial charge is 0.360 e. The average Bonchev–Trinajstić information content (AvgIpc) is 2.49. The summed E-state index contributed by atoms with van der Waals surface area (Å²) in [6.07, 6.45) is 0. The van der Waals surface area contributed by atoms with Crippen molar-refractivity contribution in [3.63, 3.8) is 0 Å². The Bertz CT molecular complexity index is 479. The molecule has 0 radical (unpaired) electrons. The highest BCUT2D eigenvalue weighted by atomic mass is 35.5. The van der Waals surface area contributed by atoms with Crippen LogP contribution in [-0.4, -0.2) is 45.0 Å². The number of quaternary nitrogens is 1. The van der Waals surface area contributed by atoms with Gasteiger partial charge in [-0.1, -0.05) is 0 Å². The van der Waals surface area contributed by atoms with Crippen LogP contribution in [0.4, 0.5) is 11.4 Å². The lowest BCUT2D eigenvalue weighted by Gasteiger charge is -2.31. The van der Waals surface area contributed by atoms with Crippen molar-refractivity contribution >= 4 is 28.9 Å². The number of anilines is 2. The molecule has 1 amide bonds. The summed E-state index contributed by atoms with van der Waals surface area (Å²) in [5, 5.41) is 2.92. The number of hydrogen-bond acceptors (Lipinski definition) is 2. The molecule has 1 heterocycles. The van der Waals surface area contributed by atoms with Gasteiger partial charge in [0.25, 0.3) is 0 Å². The van der Waals surface area contributed by atoms with Gasteiger partial charge in [-0.2, -0.15) is 0 Å². The van der Waals surface area contributed by atoms with E-state index in [-0.39, 0.29) is 5.91 Å².